The number of hydrogen-bond acceptors (Lipinski definition) is 2. The Bertz CT molecular complexity index is 150. The van der Waals surface area contributed by atoms with Crippen LogP contribution in [0.25, 0.3) is 0 Å². The third-order valence-corrected chi connectivity index (χ3v) is 1.98. The van der Waals surface area contributed by atoms with Crippen LogP contribution in [0.3, 0.4) is 0 Å². The average molecular weight is 269 g/mol. The lowest BCUT2D eigenvalue weighted by atomic mass is 10.2. The molecular weight excluding hydrogens is 262 g/mol. The maximum absolute atomic E-state index is 10.8. The van der Waals surface area contributed by atoms with E-state index in [1.54, 1.807) is 0 Å². The van der Waals surface area contributed by atoms with Gasteiger partial charge in [0.15, 0.2) is 5.78 Å². The first-order valence-corrected chi connectivity index (χ1v) is 4.69. The number of ketones is 1. The molecule has 0 unspecified atom stereocenters. The Morgan fingerprint density at radius 2 is 2.20 bits per heavy atom. The van der Waals surface area contributed by atoms with Gasteiger partial charge < -0.3 is 0 Å². The van der Waals surface area contributed by atoms with Crippen molar-refractivity contribution in [2.45, 2.75) is 23.0 Å². The molecule has 0 aliphatic rings. The quantitative estimate of drug-likeness (QED) is 0.580. The van der Waals surface area contributed by atoms with E-state index < -0.39 is 0 Å². The fraction of sp³-hybridized carbons (Fsp3) is 0.667. The van der Waals surface area contributed by atoms with Crippen LogP contribution in [0.1, 0.15) is 19.3 Å². The zero-order valence-corrected chi connectivity index (χ0v) is 8.48. The Labute approximate surface area is 76.9 Å². The Hall–Kier alpha value is 0.120. The highest BCUT2D eigenvalue weighted by molar-refractivity contribution is 9.25. The van der Waals surface area contributed by atoms with E-state index in [0.29, 0.717) is 19.3 Å². The molecule has 0 bridgehead atoms. The normalized spacial score (nSPS) is 9.40. The highest BCUT2D eigenvalue weighted by Crippen LogP contribution is 2.12. The predicted molar refractivity (Wildman–Crippen MR) is 46.1 cm³/mol. The highest BCUT2D eigenvalue weighted by atomic mass is 79.9. The van der Waals surface area contributed by atoms with E-state index in [1.165, 1.54) is 0 Å². The molecule has 0 aromatic carbocycles. The number of halogens is 2. The molecule has 0 amide bonds. The summed E-state index contributed by atoms with van der Waals surface area (Å²) < 4.78 is -0.251. The van der Waals surface area contributed by atoms with Gasteiger partial charge in [0.25, 0.3) is 0 Å². The van der Waals surface area contributed by atoms with E-state index in [0.717, 1.165) is 0 Å². The molecule has 0 aromatic rings. The van der Waals surface area contributed by atoms with Crippen LogP contribution in [0.4, 0.5) is 0 Å². The zero-order chi connectivity index (χ0) is 7.98. The van der Waals surface area contributed by atoms with Crippen LogP contribution >= 0.6 is 31.9 Å². The van der Waals surface area contributed by atoms with Gasteiger partial charge in [-0.3, -0.25) is 4.79 Å². The van der Waals surface area contributed by atoms with Gasteiger partial charge in [-0.2, -0.15) is 5.26 Å². The molecule has 0 spiro atoms. The zero-order valence-electron chi connectivity index (χ0n) is 5.31. The van der Waals surface area contributed by atoms with Gasteiger partial charge in [-0.25, -0.2) is 0 Å². The molecule has 56 valence electrons. The topological polar surface area (TPSA) is 40.9 Å². The number of hydrogen-bond donors (Lipinski definition) is 0. The minimum Gasteiger partial charge on any atom is -0.297 e. The summed E-state index contributed by atoms with van der Waals surface area (Å²) in [7, 11) is 0. The lowest BCUT2D eigenvalue weighted by molar-refractivity contribution is -0.117. The third-order valence-electron chi connectivity index (χ3n) is 0.955. The highest BCUT2D eigenvalue weighted by Gasteiger charge is 2.08. The van der Waals surface area contributed by atoms with Gasteiger partial charge in [0.1, 0.15) is 3.74 Å². The van der Waals surface area contributed by atoms with E-state index >= 15 is 0 Å². The summed E-state index contributed by atoms with van der Waals surface area (Å²) in [6, 6.07) is 1.98. The number of carbonyl (C=O) groups is 1. The molecule has 0 fully saturated rings. The number of nitriles is 1. The van der Waals surface area contributed by atoms with Gasteiger partial charge in [-0.15, -0.1) is 0 Å². The van der Waals surface area contributed by atoms with Crippen molar-refractivity contribution in [2.24, 2.45) is 0 Å². The van der Waals surface area contributed by atoms with Crippen molar-refractivity contribution in [2.75, 3.05) is 0 Å². The van der Waals surface area contributed by atoms with Crippen LogP contribution < -0.4 is 0 Å². The molecular formula is C6H7Br2NO. The number of alkyl halides is 2. The van der Waals surface area contributed by atoms with Crippen LogP contribution in [0, 0.1) is 11.3 Å². The molecule has 0 saturated carbocycles. The first-order chi connectivity index (χ1) is 4.68. The minimum atomic E-state index is -0.251. The van der Waals surface area contributed by atoms with E-state index in [2.05, 4.69) is 31.9 Å². The lowest BCUT2D eigenvalue weighted by Crippen LogP contribution is -2.05. The van der Waals surface area contributed by atoms with Gasteiger partial charge >= 0.3 is 0 Å². The van der Waals surface area contributed by atoms with Crippen molar-refractivity contribution >= 4 is 37.6 Å². The van der Waals surface area contributed by atoms with Crippen molar-refractivity contribution in [3.05, 3.63) is 0 Å². The summed E-state index contributed by atoms with van der Waals surface area (Å²) in [4.78, 5) is 10.8. The second kappa shape index (κ2) is 5.87. The second-order valence-corrected chi connectivity index (χ2v) is 4.84. The molecule has 0 heterocycles. The Kier molecular flexibility index (Phi) is 5.94. The third kappa shape index (κ3) is 4.95. The fourth-order valence-corrected chi connectivity index (χ4v) is 0.909. The van der Waals surface area contributed by atoms with Crippen molar-refractivity contribution in [1.82, 2.24) is 0 Å². The number of carbonyl (C=O) groups excluding carboxylic acids is 1. The van der Waals surface area contributed by atoms with Crippen molar-refractivity contribution < 1.29 is 4.79 Å². The molecule has 0 N–H and O–H groups in total. The minimum absolute atomic E-state index is 0.0928. The Morgan fingerprint density at radius 3 is 2.60 bits per heavy atom. The largest absolute Gasteiger partial charge is 0.297 e. The first kappa shape index (κ1) is 10.1. The van der Waals surface area contributed by atoms with Crippen molar-refractivity contribution in [3.63, 3.8) is 0 Å². The molecule has 10 heavy (non-hydrogen) atoms. The van der Waals surface area contributed by atoms with Crippen molar-refractivity contribution in [1.29, 1.82) is 5.26 Å². The van der Waals surface area contributed by atoms with E-state index in [-0.39, 0.29) is 9.52 Å². The predicted octanol–water partition coefficient (Wildman–Crippen LogP) is 2.37. The van der Waals surface area contributed by atoms with Crippen LogP contribution in [-0.2, 0) is 4.79 Å². The monoisotopic (exact) mass is 267 g/mol. The molecule has 0 rings (SSSR count). The van der Waals surface area contributed by atoms with Crippen LogP contribution in [0.15, 0.2) is 0 Å². The van der Waals surface area contributed by atoms with Crippen LogP contribution in [-0.4, -0.2) is 9.52 Å². The molecule has 4 heteroatoms. The van der Waals surface area contributed by atoms with E-state index in [4.69, 9.17) is 5.26 Å². The first-order valence-electron chi connectivity index (χ1n) is 2.86. The van der Waals surface area contributed by atoms with E-state index in [1.807, 2.05) is 6.07 Å². The van der Waals surface area contributed by atoms with Gasteiger partial charge in [0.05, 0.1) is 6.07 Å². The fourth-order valence-electron chi connectivity index (χ4n) is 0.451. The summed E-state index contributed by atoms with van der Waals surface area (Å²) in [5.41, 5.74) is 0. The summed E-state index contributed by atoms with van der Waals surface area (Å²) >= 11 is 6.15. The lowest BCUT2D eigenvalue weighted by Gasteiger charge is -1.96. The number of Topliss-reactive ketones (excluding diaryl/α,β-unsaturated/α-hetero) is 1. The van der Waals surface area contributed by atoms with Gasteiger partial charge in [-0.05, 0) is 6.42 Å². The number of unbranched alkanes of at least 4 members (excludes halogenated alkanes) is 1. The van der Waals surface area contributed by atoms with E-state index in [9.17, 15) is 4.79 Å². The molecule has 0 radical (unpaired) electrons. The standard InChI is InChI=1S/C6H7Br2NO/c7-6(8)5(10)3-1-2-4-9/h6H,1-3H2. The summed E-state index contributed by atoms with van der Waals surface area (Å²) in [6.07, 6.45) is 1.58. The summed E-state index contributed by atoms with van der Waals surface area (Å²) in [6.45, 7) is 0. The Balaban J connectivity index is 3.33. The molecule has 0 atom stereocenters. The van der Waals surface area contributed by atoms with Gasteiger partial charge in [0.2, 0.25) is 0 Å². The number of rotatable bonds is 4. The maximum Gasteiger partial charge on any atom is 0.157 e. The van der Waals surface area contributed by atoms with Crippen LogP contribution in [0.2, 0.25) is 0 Å². The van der Waals surface area contributed by atoms with Crippen LogP contribution in [0.5, 0.6) is 0 Å². The molecule has 0 saturated heterocycles. The summed E-state index contributed by atoms with van der Waals surface area (Å²) in [5, 5.41) is 8.13. The van der Waals surface area contributed by atoms with Gasteiger partial charge in [-0.1, -0.05) is 31.9 Å². The number of nitrogens with zero attached hydrogens (tertiary/aromatic N) is 1. The summed E-state index contributed by atoms with van der Waals surface area (Å²) in [5.74, 6) is 0.0928. The molecule has 0 aliphatic carbocycles. The molecule has 0 aromatic heterocycles. The van der Waals surface area contributed by atoms with Gasteiger partial charge in [0, 0.05) is 12.8 Å². The second-order valence-electron chi connectivity index (χ2n) is 1.78. The van der Waals surface area contributed by atoms with Crippen molar-refractivity contribution in [3.8, 4) is 6.07 Å². The average Bonchev–Trinajstić information content (AvgIpc) is 1.88. The maximum atomic E-state index is 10.8. The Morgan fingerprint density at radius 1 is 1.60 bits per heavy atom. The smallest absolute Gasteiger partial charge is 0.157 e. The molecule has 0 aliphatic heterocycles. The molecule has 2 nitrogen and oxygen atoms in total. The SMILES string of the molecule is N#CCCCC(=O)C(Br)Br.